The van der Waals surface area contributed by atoms with E-state index in [0.29, 0.717) is 0 Å². The minimum Gasteiger partial charge on any atom is -0.0843 e. The molecule has 50 valence electrons. The first-order chi connectivity index (χ1) is 3.79. The third-order valence-electron chi connectivity index (χ3n) is 1.01. The van der Waals surface area contributed by atoms with E-state index in [1.807, 2.05) is 31.2 Å². The van der Waals surface area contributed by atoms with Gasteiger partial charge in [0.05, 0.1) is 0 Å². The molecule has 0 aliphatic heterocycles. The Morgan fingerprint density at radius 1 is 1.11 bits per heavy atom. The number of halogens is 1. The molecule has 0 spiro atoms. The molecule has 9 heavy (non-hydrogen) atoms. The van der Waals surface area contributed by atoms with Crippen molar-refractivity contribution in [2.75, 3.05) is 0 Å². The lowest BCUT2D eigenvalue weighted by molar-refractivity contribution is 1.48. The lowest BCUT2D eigenvalue weighted by Gasteiger charge is -1.88. The van der Waals surface area contributed by atoms with Gasteiger partial charge in [-0.15, -0.1) is 0 Å². The molecule has 0 saturated carbocycles. The van der Waals surface area contributed by atoms with Gasteiger partial charge in [0.15, 0.2) is 0 Å². The monoisotopic (exact) mass is 142 g/mol. The molecule has 1 aromatic carbocycles. The largest absolute Gasteiger partial charge is 0.0843 e. The second-order valence-corrected chi connectivity index (χ2v) is 2.23. The number of aryl methyl sites for hydroxylation is 1. The summed E-state index contributed by atoms with van der Waals surface area (Å²) in [6, 6.07) is 7.75. The van der Waals surface area contributed by atoms with Gasteiger partial charge in [-0.2, -0.15) is 0 Å². The second-order valence-electron chi connectivity index (χ2n) is 1.80. The highest BCUT2D eigenvalue weighted by Crippen LogP contribution is 2.07. The molecule has 0 heterocycles. The van der Waals surface area contributed by atoms with Crippen LogP contribution in [0.3, 0.4) is 0 Å². The van der Waals surface area contributed by atoms with E-state index in [1.165, 1.54) is 5.56 Å². The molecule has 0 N–H and O–H groups in total. The fraction of sp³-hybridized carbons (Fsp3) is 0.250. The van der Waals surface area contributed by atoms with Gasteiger partial charge in [-0.3, -0.25) is 0 Å². The molecule has 0 aromatic heterocycles. The van der Waals surface area contributed by atoms with Gasteiger partial charge in [0.25, 0.3) is 0 Å². The van der Waals surface area contributed by atoms with Gasteiger partial charge in [0.2, 0.25) is 0 Å². The van der Waals surface area contributed by atoms with E-state index >= 15 is 0 Å². The molecule has 0 nitrogen and oxygen atoms in total. The van der Waals surface area contributed by atoms with Gasteiger partial charge in [0.1, 0.15) is 0 Å². The third-order valence-corrected chi connectivity index (χ3v) is 1.26. The summed E-state index contributed by atoms with van der Waals surface area (Å²) >= 11 is 5.61. The molecule has 0 aliphatic rings. The Balaban J connectivity index is 0.000000640. The van der Waals surface area contributed by atoms with Crippen LogP contribution in [0.1, 0.15) is 13.0 Å². The normalized spacial score (nSPS) is 8.22. The average Bonchev–Trinajstić information content (AvgIpc) is 1.77. The molecule has 0 amide bonds. The molecule has 1 heteroatoms. The average molecular weight is 143 g/mol. The maximum atomic E-state index is 5.61. The van der Waals surface area contributed by atoms with Gasteiger partial charge >= 0.3 is 0 Å². The summed E-state index contributed by atoms with van der Waals surface area (Å²) in [5, 5.41) is 0.801. The first kappa shape index (κ1) is 8.51. The molecular formula is C8H11Cl. The van der Waals surface area contributed by atoms with Crippen LogP contribution in [0.4, 0.5) is 0 Å². The fourth-order valence-corrected chi connectivity index (χ4v) is 0.659. The third kappa shape index (κ3) is 2.52. The van der Waals surface area contributed by atoms with Crippen molar-refractivity contribution in [3.63, 3.8) is 0 Å². The Labute approximate surface area is 61.5 Å². The summed E-state index contributed by atoms with van der Waals surface area (Å²) in [6.07, 6.45) is 0. The van der Waals surface area contributed by atoms with Crippen LogP contribution in [0.15, 0.2) is 24.3 Å². The first-order valence-corrected chi connectivity index (χ1v) is 2.89. The van der Waals surface area contributed by atoms with E-state index < -0.39 is 0 Å². The quantitative estimate of drug-likeness (QED) is 0.522. The molecule has 0 fully saturated rings. The minimum absolute atomic E-state index is 0. The smallest absolute Gasteiger partial charge is 0.0406 e. The van der Waals surface area contributed by atoms with Crippen molar-refractivity contribution in [3.8, 4) is 0 Å². The van der Waals surface area contributed by atoms with E-state index in [0.717, 1.165) is 5.02 Å². The van der Waals surface area contributed by atoms with Crippen LogP contribution in [0, 0.1) is 6.92 Å². The maximum absolute atomic E-state index is 5.61. The molecule has 0 bridgehead atoms. The number of hydrogen-bond donors (Lipinski definition) is 0. The van der Waals surface area contributed by atoms with Crippen LogP contribution in [0.5, 0.6) is 0 Å². The van der Waals surface area contributed by atoms with Crippen molar-refractivity contribution in [1.82, 2.24) is 0 Å². The minimum atomic E-state index is 0. The van der Waals surface area contributed by atoms with E-state index in [1.54, 1.807) is 0 Å². The van der Waals surface area contributed by atoms with Crippen molar-refractivity contribution in [2.24, 2.45) is 0 Å². The SMILES string of the molecule is C.Cc1ccc(Cl)cc1. The van der Waals surface area contributed by atoms with Gasteiger partial charge < -0.3 is 0 Å². The van der Waals surface area contributed by atoms with E-state index in [4.69, 9.17) is 11.6 Å². The number of rotatable bonds is 0. The number of hydrogen-bond acceptors (Lipinski definition) is 0. The summed E-state index contributed by atoms with van der Waals surface area (Å²) in [5.41, 5.74) is 1.24. The topological polar surface area (TPSA) is 0 Å². The Morgan fingerprint density at radius 2 is 1.56 bits per heavy atom. The molecule has 1 rings (SSSR count). The fourth-order valence-electron chi connectivity index (χ4n) is 0.533. The summed E-state index contributed by atoms with van der Waals surface area (Å²) in [5.74, 6) is 0. The predicted octanol–water partition coefficient (Wildman–Crippen LogP) is 3.28. The van der Waals surface area contributed by atoms with E-state index in [2.05, 4.69) is 0 Å². The van der Waals surface area contributed by atoms with Gasteiger partial charge in [-0.05, 0) is 19.1 Å². The van der Waals surface area contributed by atoms with Crippen molar-refractivity contribution in [2.45, 2.75) is 14.4 Å². The number of benzene rings is 1. The first-order valence-electron chi connectivity index (χ1n) is 2.51. The zero-order valence-electron chi connectivity index (χ0n) is 4.69. The van der Waals surface area contributed by atoms with Gasteiger partial charge in [-0.1, -0.05) is 36.7 Å². The Kier molecular flexibility index (Phi) is 3.33. The van der Waals surface area contributed by atoms with Crippen LogP contribution >= 0.6 is 11.6 Å². The molecule has 0 saturated heterocycles. The maximum Gasteiger partial charge on any atom is 0.0406 e. The summed E-state index contributed by atoms with van der Waals surface area (Å²) in [6.45, 7) is 2.04. The molecular weight excluding hydrogens is 132 g/mol. The molecule has 0 radical (unpaired) electrons. The van der Waals surface area contributed by atoms with Crippen molar-refractivity contribution in [3.05, 3.63) is 34.9 Å². The highest BCUT2D eigenvalue weighted by molar-refractivity contribution is 6.30. The molecule has 0 aliphatic carbocycles. The lowest BCUT2D eigenvalue weighted by Crippen LogP contribution is -1.66. The van der Waals surface area contributed by atoms with Crippen LogP contribution in [0.25, 0.3) is 0 Å². The summed E-state index contributed by atoms with van der Waals surface area (Å²) in [7, 11) is 0. The van der Waals surface area contributed by atoms with Crippen molar-refractivity contribution in [1.29, 1.82) is 0 Å². The van der Waals surface area contributed by atoms with Crippen LogP contribution < -0.4 is 0 Å². The Bertz CT molecular complexity index is 143. The predicted molar refractivity (Wildman–Crippen MR) is 42.9 cm³/mol. The highest BCUT2D eigenvalue weighted by atomic mass is 35.5. The van der Waals surface area contributed by atoms with E-state index in [-0.39, 0.29) is 7.43 Å². The van der Waals surface area contributed by atoms with Gasteiger partial charge in [0, 0.05) is 5.02 Å². The van der Waals surface area contributed by atoms with E-state index in [9.17, 15) is 0 Å². The second kappa shape index (κ2) is 3.52. The summed E-state index contributed by atoms with van der Waals surface area (Å²) in [4.78, 5) is 0. The summed E-state index contributed by atoms with van der Waals surface area (Å²) < 4.78 is 0. The van der Waals surface area contributed by atoms with Crippen molar-refractivity contribution >= 4 is 11.6 Å². The Morgan fingerprint density at radius 3 is 1.89 bits per heavy atom. The highest BCUT2D eigenvalue weighted by Gasteiger charge is 1.81. The van der Waals surface area contributed by atoms with Crippen molar-refractivity contribution < 1.29 is 0 Å². The lowest BCUT2D eigenvalue weighted by atomic mass is 10.2. The Hall–Kier alpha value is -0.490. The van der Waals surface area contributed by atoms with Crippen LogP contribution in [0.2, 0.25) is 5.02 Å². The van der Waals surface area contributed by atoms with Gasteiger partial charge in [-0.25, -0.2) is 0 Å². The molecule has 0 atom stereocenters. The van der Waals surface area contributed by atoms with Crippen LogP contribution in [-0.2, 0) is 0 Å². The molecule has 0 unspecified atom stereocenters. The zero-order chi connectivity index (χ0) is 5.98. The molecule has 1 aromatic rings. The zero-order valence-corrected chi connectivity index (χ0v) is 5.44. The van der Waals surface area contributed by atoms with Crippen LogP contribution in [-0.4, -0.2) is 0 Å². The standard InChI is InChI=1S/C7H7Cl.CH4/c1-6-2-4-7(8)5-3-6;/h2-5H,1H3;1H4.